The van der Waals surface area contributed by atoms with Crippen LogP contribution in [0.1, 0.15) is 114 Å². The zero-order valence-corrected chi connectivity index (χ0v) is 44.3. The number of amides is 2. The normalized spacial score (nSPS) is 42.0. The Balaban J connectivity index is 1.50. The zero-order valence-electron chi connectivity index (χ0n) is 44.3. The largest absolute Gasteiger partial charge is 0.459 e. The van der Waals surface area contributed by atoms with Crippen molar-refractivity contribution in [2.24, 2.45) is 23.7 Å². The molecule has 18 atom stereocenters. The van der Waals surface area contributed by atoms with Crippen molar-refractivity contribution in [1.29, 1.82) is 0 Å². The molecule has 18 heteroatoms. The molecule has 0 saturated carbocycles. The van der Waals surface area contributed by atoms with Gasteiger partial charge in [0.05, 0.1) is 42.0 Å². The summed E-state index contributed by atoms with van der Waals surface area (Å²) >= 11 is 0. The molecule has 18 nitrogen and oxygen atoms in total. The van der Waals surface area contributed by atoms with Crippen molar-refractivity contribution in [3.63, 3.8) is 0 Å². The molecule has 0 bridgehead atoms. The summed E-state index contributed by atoms with van der Waals surface area (Å²) in [7, 11) is 4.83. The SMILES string of the molecule is CC[C@H]1OC(=O)[C@H](C)[C@@H](O[C@H]2C[C@@](C)(OC)[C@](O)(CNCCC3CCOCC3)[C@H](C)O2)[C@H](C)[C@@H](O[C@@H]2O[C@H](C)C[C@H](N(C)C(=O)N(C)c3ccccc3)[C@H]2O)[C@](C)(O)C[C@@H](C)CN[C@H](C)[C@@H](O)[C@]1(C)O. The first kappa shape index (κ1) is 58.3. The minimum Gasteiger partial charge on any atom is -0.459 e. The van der Waals surface area contributed by atoms with Crippen molar-refractivity contribution in [3.8, 4) is 0 Å². The second-order valence-electron chi connectivity index (χ2n) is 21.9. The topological polar surface area (TPSA) is 230 Å². The summed E-state index contributed by atoms with van der Waals surface area (Å²) in [5.41, 5.74) is -5.60. The number of hydrogen-bond acceptors (Lipinski definition) is 16. The number of aliphatic hydroxyl groups excluding tert-OH is 2. The summed E-state index contributed by atoms with van der Waals surface area (Å²) in [5.74, 6) is -2.45. The summed E-state index contributed by atoms with van der Waals surface area (Å²) in [4.78, 5) is 31.5. The molecule has 1 aromatic carbocycles. The first-order chi connectivity index (χ1) is 32.8. The molecule has 4 saturated heterocycles. The first-order valence-corrected chi connectivity index (χ1v) is 25.8. The molecule has 0 aromatic heterocycles. The maximum absolute atomic E-state index is 14.6. The van der Waals surface area contributed by atoms with Gasteiger partial charge in [0, 0.05) is 65.0 Å². The van der Waals surface area contributed by atoms with Crippen LogP contribution in [0.3, 0.4) is 0 Å². The van der Waals surface area contributed by atoms with Crippen LogP contribution < -0.4 is 15.5 Å². The number of cyclic esters (lactones) is 1. The third-order valence-electron chi connectivity index (χ3n) is 16.2. The van der Waals surface area contributed by atoms with Crippen molar-refractivity contribution in [1.82, 2.24) is 15.5 Å². The van der Waals surface area contributed by atoms with Crippen LogP contribution in [0.2, 0.25) is 0 Å². The maximum atomic E-state index is 14.6. The van der Waals surface area contributed by atoms with Crippen LogP contribution in [0.25, 0.3) is 0 Å². The van der Waals surface area contributed by atoms with E-state index < -0.39 is 108 Å². The van der Waals surface area contributed by atoms with Crippen LogP contribution in [0.15, 0.2) is 30.3 Å². The number of carbonyl (C=O) groups excluding carboxylic acids is 2. The molecule has 4 aliphatic heterocycles. The molecule has 5 rings (SSSR count). The number of anilines is 1. The summed E-state index contributed by atoms with van der Waals surface area (Å²) in [6.45, 7) is 20.0. The van der Waals surface area contributed by atoms with Gasteiger partial charge in [-0.2, -0.15) is 0 Å². The third-order valence-corrected chi connectivity index (χ3v) is 16.2. The molecule has 0 radical (unpaired) electrons. The maximum Gasteiger partial charge on any atom is 0.324 e. The van der Waals surface area contributed by atoms with Crippen LogP contribution in [0.4, 0.5) is 10.5 Å². The van der Waals surface area contributed by atoms with E-state index in [4.69, 9.17) is 33.2 Å². The number of carbonyl (C=O) groups is 2. The average Bonchev–Trinajstić information content (AvgIpc) is 3.33. The van der Waals surface area contributed by atoms with Crippen molar-refractivity contribution < 1.29 is 68.3 Å². The summed E-state index contributed by atoms with van der Waals surface area (Å²) < 4.78 is 44.5. The van der Waals surface area contributed by atoms with E-state index in [9.17, 15) is 35.1 Å². The Morgan fingerprint density at radius 2 is 1.60 bits per heavy atom. The first-order valence-electron chi connectivity index (χ1n) is 25.8. The van der Waals surface area contributed by atoms with Gasteiger partial charge >= 0.3 is 12.0 Å². The predicted octanol–water partition coefficient (Wildman–Crippen LogP) is 3.96. The second-order valence-corrected chi connectivity index (χ2v) is 21.9. The van der Waals surface area contributed by atoms with Crippen molar-refractivity contribution in [2.45, 2.75) is 204 Å². The molecule has 0 aliphatic carbocycles. The fourth-order valence-corrected chi connectivity index (χ4v) is 11.4. The van der Waals surface area contributed by atoms with Gasteiger partial charge in [0.15, 0.2) is 12.6 Å². The number of likely N-dealkylation sites (N-methyl/N-ethyl adjacent to an activating group) is 1. The van der Waals surface area contributed by atoms with E-state index in [-0.39, 0.29) is 37.8 Å². The minimum atomic E-state index is -1.86. The van der Waals surface area contributed by atoms with E-state index in [1.54, 1.807) is 55.6 Å². The molecule has 2 amide bonds. The molecule has 4 fully saturated rings. The van der Waals surface area contributed by atoms with Crippen molar-refractivity contribution >= 4 is 17.7 Å². The molecule has 4 aliphatic rings. The summed E-state index contributed by atoms with van der Waals surface area (Å²) in [5, 5.41) is 67.5. The van der Waals surface area contributed by atoms with E-state index in [1.807, 2.05) is 51.1 Å². The Bertz CT molecular complexity index is 1790. The number of benzene rings is 1. The highest BCUT2D eigenvalue weighted by atomic mass is 16.7. The number of methoxy groups -OCH3 is 1. The smallest absolute Gasteiger partial charge is 0.324 e. The van der Waals surface area contributed by atoms with Crippen LogP contribution in [0.5, 0.6) is 0 Å². The Morgan fingerprint density at radius 3 is 2.23 bits per heavy atom. The van der Waals surface area contributed by atoms with E-state index in [0.717, 1.165) is 32.5 Å². The molecular formula is C52H90N4O14. The number of urea groups is 1. The number of para-hydroxylation sites is 1. The van der Waals surface area contributed by atoms with Crippen LogP contribution in [-0.4, -0.2) is 186 Å². The summed E-state index contributed by atoms with van der Waals surface area (Å²) in [6.07, 6.45) is -6.36. The highest BCUT2D eigenvalue weighted by Gasteiger charge is 2.58. The fraction of sp³-hybridized carbons (Fsp3) is 0.846. The Kier molecular flexibility index (Phi) is 20.5. The predicted molar refractivity (Wildman–Crippen MR) is 264 cm³/mol. The van der Waals surface area contributed by atoms with Gasteiger partial charge in [-0.25, -0.2) is 4.79 Å². The molecule has 0 spiro atoms. The number of rotatable bonds is 13. The number of nitrogens with one attached hydrogen (secondary N) is 2. The van der Waals surface area contributed by atoms with Gasteiger partial charge in [0.1, 0.15) is 35.1 Å². The van der Waals surface area contributed by atoms with E-state index in [2.05, 4.69) is 10.6 Å². The lowest BCUT2D eigenvalue weighted by molar-refractivity contribution is -0.336. The lowest BCUT2D eigenvalue weighted by Gasteiger charge is -2.53. The molecular weight excluding hydrogens is 905 g/mol. The van der Waals surface area contributed by atoms with E-state index in [1.165, 1.54) is 23.8 Å². The van der Waals surface area contributed by atoms with Gasteiger partial charge in [-0.15, -0.1) is 0 Å². The van der Waals surface area contributed by atoms with Crippen LogP contribution in [0, 0.1) is 23.7 Å². The van der Waals surface area contributed by atoms with Crippen molar-refractivity contribution in [2.75, 3.05) is 59.0 Å². The monoisotopic (exact) mass is 995 g/mol. The standard InChI is InChI=1S/C52H90N4O14/c1-14-40-51(10,62)44(58)35(6)54-29-31(2)27-49(8,61)45(70-47-42(57)39(26-32(3)66-47)56(12)48(60)55(11)38-18-16-15-17-19-38)33(4)43(34(5)46(59)68-40)69-41-28-50(9,64-13)52(63,36(7)67-41)30-53-23-20-37-21-24-65-25-22-37/h15-19,31-37,39-45,47,53-54,57-58,61-63H,14,20-30H2,1-13H3/t31-,32-,33+,34-,35-,36+,39+,40-,41+,42-,43+,44-,45-,47+,49-,50-,51-,52+/m1/s1. The Hall–Kier alpha value is -2.56. The minimum absolute atomic E-state index is 0.0411. The Labute approximate surface area is 417 Å². The fourth-order valence-electron chi connectivity index (χ4n) is 11.4. The molecule has 7 N–H and O–H groups in total. The second kappa shape index (κ2) is 24.6. The molecule has 0 unspecified atom stereocenters. The number of esters is 1. The van der Waals surface area contributed by atoms with Crippen LogP contribution in [-0.2, 0) is 38.0 Å². The molecule has 1 aromatic rings. The highest BCUT2D eigenvalue weighted by molar-refractivity contribution is 5.91. The molecule has 4 heterocycles. The van der Waals surface area contributed by atoms with Gasteiger partial charge in [0.2, 0.25) is 0 Å². The number of nitrogens with zero attached hydrogens (tertiary/aromatic N) is 2. The van der Waals surface area contributed by atoms with Crippen LogP contribution >= 0.6 is 0 Å². The average molecular weight is 995 g/mol. The molecule has 402 valence electrons. The van der Waals surface area contributed by atoms with Gasteiger partial charge in [0.25, 0.3) is 0 Å². The van der Waals surface area contributed by atoms with Crippen molar-refractivity contribution in [3.05, 3.63) is 30.3 Å². The van der Waals surface area contributed by atoms with Gasteiger partial charge in [-0.05, 0) is 124 Å². The quantitative estimate of drug-likeness (QED) is 0.110. The Morgan fingerprint density at radius 1 is 0.943 bits per heavy atom. The van der Waals surface area contributed by atoms with E-state index in [0.29, 0.717) is 31.1 Å². The lowest BCUT2D eigenvalue weighted by atomic mass is 9.75. The lowest BCUT2D eigenvalue weighted by Crippen LogP contribution is -2.70. The van der Waals surface area contributed by atoms with Gasteiger partial charge in [-0.1, -0.05) is 39.0 Å². The number of ether oxygens (including phenoxy) is 7. The number of aliphatic hydroxyl groups is 5. The number of hydrogen-bond donors (Lipinski definition) is 7. The highest BCUT2D eigenvalue weighted by Crippen LogP contribution is 2.43. The van der Waals surface area contributed by atoms with Gasteiger partial charge in [-0.3, -0.25) is 9.69 Å². The van der Waals surface area contributed by atoms with Gasteiger partial charge < -0.3 is 74.2 Å². The van der Waals surface area contributed by atoms with E-state index >= 15 is 0 Å². The zero-order chi connectivity index (χ0) is 51.9. The summed E-state index contributed by atoms with van der Waals surface area (Å²) in [6, 6.07) is 7.42. The third kappa shape index (κ3) is 13.4. The molecule has 70 heavy (non-hydrogen) atoms.